The first-order valence-corrected chi connectivity index (χ1v) is 11.4. The molecule has 4 rings (SSSR count). The lowest BCUT2D eigenvalue weighted by Crippen LogP contribution is -2.49. The molecular formula is C22H23FN4O3S. The minimum Gasteiger partial charge on any atom is -0.439 e. The van der Waals surface area contributed by atoms with Gasteiger partial charge in [0.05, 0.1) is 0 Å². The van der Waals surface area contributed by atoms with E-state index in [1.165, 1.54) is 22.5 Å². The third-order valence-corrected chi connectivity index (χ3v) is 6.99. The summed E-state index contributed by atoms with van der Waals surface area (Å²) in [5.41, 5.74) is 1.13. The van der Waals surface area contributed by atoms with E-state index in [9.17, 15) is 12.8 Å². The van der Waals surface area contributed by atoms with Crippen LogP contribution < -0.4 is 9.64 Å². The van der Waals surface area contributed by atoms with Crippen LogP contribution in [0.4, 0.5) is 10.2 Å². The normalized spacial score (nSPS) is 15.1. The van der Waals surface area contributed by atoms with Crippen LogP contribution in [0.2, 0.25) is 0 Å². The maximum absolute atomic E-state index is 14.0. The standard InChI is InChI=1S/C22H23FN4O3S/c1-16-7-9-18(10-8-16)30-22-15-21(24-17(2)25-22)26-11-13-27(14-12-26)31(28,29)20-6-4-3-5-19(20)23/h3-10,15H,11-14H2,1-2H3. The lowest BCUT2D eigenvalue weighted by atomic mass is 10.2. The predicted octanol–water partition coefficient (Wildman–Crippen LogP) is 3.54. The molecule has 1 saturated heterocycles. The molecule has 0 spiro atoms. The van der Waals surface area contributed by atoms with Gasteiger partial charge in [0.15, 0.2) is 0 Å². The third-order valence-electron chi connectivity index (χ3n) is 5.06. The second-order valence-electron chi connectivity index (χ2n) is 7.35. The Kier molecular flexibility index (Phi) is 5.88. The number of sulfonamides is 1. The first-order valence-electron chi connectivity index (χ1n) is 9.93. The molecule has 0 aliphatic carbocycles. The van der Waals surface area contributed by atoms with Crippen molar-refractivity contribution in [1.82, 2.24) is 14.3 Å². The molecule has 7 nitrogen and oxygen atoms in total. The zero-order valence-corrected chi connectivity index (χ0v) is 18.1. The summed E-state index contributed by atoms with van der Waals surface area (Å²) in [4.78, 5) is 10.5. The number of aromatic nitrogens is 2. The van der Waals surface area contributed by atoms with Gasteiger partial charge in [0.2, 0.25) is 15.9 Å². The molecule has 2 heterocycles. The van der Waals surface area contributed by atoms with Crippen molar-refractivity contribution in [2.75, 3.05) is 31.1 Å². The first-order chi connectivity index (χ1) is 14.8. The van der Waals surface area contributed by atoms with Gasteiger partial charge in [-0.05, 0) is 38.1 Å². The van der Waals surface area contributed by atoms with Crippen molar-refractivity contribution >= 4 is 15.8 Å². The summed E-state index contributed by atoms with van der Waals surface area (Å²) >= 11 is 0. The Bertz CT molecular complexity index is 1180. The number of piperazine rings is 1. The van der Waals surface area contributed by atoms with Crippen LogP contribution in [-0.2, 0) is 10.0 Å². The summed E-state index contributed by atoms with van der Waals surface area (Å²) in [7, 11) is -3.88. The van der Waals surface area contributed by atoms with Gasteiger partial charge in [-0.2, -0.15) is 9.29 Å². The summed E-state index contributed by atoms with van der Waals surface area (Å²) in [6.07, 6.45) is 0. The Morgan fingerprint density at radius 2 is 1.61 bits per heavy atom. The van der Waals surface area contributed by atoms with Crippen LogP contribution in [0.3, 0.4) is 0 Å². The molecule has 1 fully saturated rings. The monoisotopic (exact) mass is 442 g/mol. The number of anilines is 1. The summed E-state index contributed by atoms with van der Waals surface area (Å²) in [5, 5.41) is 0. The molecular weight excluding hydrogens is 419 g/mol. The van der Waals surface area contributed by atoms with Crippen LogP contribution in [0.25, 0.3) is 0 Å². The second-order valence-corrected chi connectivity index (χ2v) is 9.25. The number of hydrogen-bond donors (Lipinski definition) is 0. The number of halogens is 1. The Hall–Kier alpha value is -3.04. The molecule has 2 aromatic carbocycles. The molecule has 1 aliphatic rings. The fourth-order valence-corrected chi connectivity index (χ4v) is 4.90. The van der Waals surface area contributed by atoms with Crippen molar-refractivity contribution in [2.24, 2.45) is 0 Å². The molecule has 9 heteroatoms. The number of aryl methyl sites for hydroxylation is 2. The molecule has 0 radical (unpaired) electrons. The summed E-state index contributed by atoms with van der Waals surface area (Å²) < 4.78 is 46.8. The van der Waals surface area contributed by atoms with Gasteiger partial charge in [-0.3, -0.25) is 0 Å². The summed E-state index contributed by atoms with van der Waals surface area (Å²) in [6.45, 7) is 5.09. The molecule has 1 aromatic heterocycles. The number of rotatable bonds is 5. The topological polar surface area (TPSA) is 75.6 Å². The van der Waals surface area contributed by atoms with Crippen LogP contribution in [0, 0.1) is 19.7 Å². The first kappa shape index (κ1) is 21.2. The van der Waals surface area contributed by atoms with Crippen LogP contribution in [0.15, 0.2) is 59.5 Å². The highest BCUT2D eigenvalue weighted by atomic mass is 32.2. The van der Waals surface area contributed by atoms with Gasteiger partial charge in [-0.25, -0.2) is 17.8 Å². The van der Waals surface area contributed by atoms with E-state index in [-0.39, 0.29) is 18.0 Å². The second kappa shape index (κ2) is 8.60. The SMILES string of the molecule is Cc1ccc(Oc2cc(N3CCN(S(=O)(=O)c4ccccc4F)CC3)nc(C)n2)cc1. The molecule has 31 heavy (non-hydrogen) atoms. The Morgan fingerprint density at radius 1 is 0.935 bits per heavy atom. The van der Waals surface area contributed by atoms with Gasteiger partial charge in [0, 0.05) is 32.2 Å². The van der Waals surface area contributed by atoms with E-state index in [0.29, 0.717) is 36.4 Å². The average molecular weight is 443 g/mol. The number of benzene rings is 2. The molecule has 3 aromatic rings. The van der Waals surface area contributed by atoms with E-state index in [1.54, 1.807) is 13.0 Å². The van der Waals surface area contributed by atoms with E-state index in [2.05, 4.69) is 9.97 Å². The van der Waals surface area contributed by atoms with Gasteiger partial charge < -0.3 is 9.64 Å². The lowest BCUT2D eigenvalue weighted by molar-refractivity contribution is 0.380. The fraction of sp³-hybridized carbons (Fsp3) is 0.273. The Labute approximate surface area is 181 Å². The van der Waals surface area contributed by atoms with E-state index >= 15 is 0 Å². The zero-order valence-electron chi connectivity index (χ0n) is 17.3. The third kappa shape index (κ3) is 4.67. The zero-order chi connectivity index (χ0) is 22.0. The maximum atomic E-state index is 14.0. The van der Waals surface area contributed by atoms with Crippen molar-refractivity contribution in [3.63, 3.8) is 0 Å². The molecule has 0 atom stereocenters. The highest BCUT2D eigenvalue weighted by Gasteiger charge is 2.31. The minimum absolute atomic E-state index is 0.230. The van der Waals surface area contributed by atoms with Gasteiger partial charge in [0.25, 0.3) is 0 Å². The number of ether oxygens (including phenoxy) is 1. The van der Waals surface area contributed by atoms with Crippen molar-refractivity contribution in [3.05, 3.63) is 71.8 Å². The van der Waals surface area contributed by atoms with Gasteiger partial charge in [-0.1, -0.05) is 29.8 Å². The summed E-state index contributed by atoms with van der Waals surface area (Å²) in [6, 6.07) is 14.8. The molecule has 0 N–H and O–H groups in total. The van der Waals surface area contributed by atoms with E-state index < -0.39 is 15.8 Å². The highest BCUT2D eigenvalue weighted by molar-refractivity contribution is 7.89. The van der Waals surface area contributed by atoms with Crippen LogP contribution in [0.1, 0.15) is 11.4 Å². The van der Waals surface area contributed by atoms with Crippen LogP contribution in [-0.4, -0.2) is 48.9 Å². The number of nitrogens with zero attached hydrogens (tertiary/aromatic N) is 4. The average Bonchev–Trinajstić information content (AvgIpc) is 2.75. The molecule has 162 valence electrons. The maximum Gasteiger partial charge on any atom is 0.246 e. The molecule has 0 bridgehead atoms. The molecule has 0 saturated carbocycles. The van der Waals surface area contributed by atoms with Gasteiger partial charge >= 0.3 is 0 Å². The van der Waals surface area contributed by atoms with Crippen molar-refractivity contribution in [3.8, 4) is 11.6 Å². The van der Waals surface area contributed by atoms with Crippen molar-refractivity contribution in [2.45, 2.75) is 18.7 Å². The number of hydrogen-bond acceptors (Lipinski definition) is 6. The van der Waals surface area contributed by atoms with Gasteiger partial charge in [-0.15, -0.1) is 0 Å². The minimum atomic E-state index is -3.88. The lowest BCUT2D eigenvalue weighted by Gasteiger charge is -2.34. The van der Waals surface area contributed by atoms with E-state index in [0.717, 1.165) is 11.6 Å². The smallest absolute Gasteiger partial charge is 0.246 e. The van der Waals surface area contributed by atoms with Gasteiger partial charge in [0.1, 0.15) is 28.1 Å². The van der Waals surface area contributed by atoms with Crippen molar-refractivity contribution in [1.29, 1.82) is 0 Å². The molecule has 0 unspecified atom stereocenters. The highest BCUT2D eigenvalue weighted by Crippen LogP contribution is 2.26. The van der Waals surface area contributed by atoms with Crippen LogP contribution >= 0.6 is 0 Å². The largest absolute Gasteiger partial charge is 0.439 e. The van der Waals surface area contributed by atoms with Crippen molar-refractivity contribution < 1.29 is 17.5 Å². The fourth-order valence-electron chi connectivity index (χ4n) is 3.42. The molecule has 1 aliphatic heterocycles. The van der Waals surface area contributed by atoms with E-state index in [1.807, 2.05) is 36.1 Å². The van der Waals surface area contributed by atoms with Crippen LogP contribution in [0.5, 0.6) is 11.6 Å². The Balaban J connectivity index is 1.48. The predicted molar refractivity (Wildman–Crippen MR) is 115 cm³/mol. The molecule has 0 amide bonds. The quantitative estimate of drug-likeness (QED) is 0.602. The van der Waals surface area contributed by atoms with E-state index in [4.69, 9.17) is 4.74 Å². The Morgan fingerprint density at radius 3 is 2.29 bits per heavy atom. The summed E-state index contributed by atoms with van der Waals surface area (Å²) in [5.74, 6) is 1.58.